The summed E-state index contributed by atoms with van der Waals surface area (Å²) >= 11 is 0. The van der Waals surface area contributed by atoms with Crippen LogP contribution in [-0.4, -0.2) is 59.4 Å². The Morgan fingerprint density at radius 3 is 2.18 bits per heavy atom. The number of hydrogen-bond donors (Lipinski definition) is 0. The highest BCUT2D eigenvalue weighted by Gasteiger charge is 2.44. The van der Waals surface area contributed by atoms with Crippen LogP contribution in [0.25, 0.3) is 0 Å². The van der Waals surface area contributed by atoms with E-state index in [1.54, 1.807) is 25.7 Å². The van der Waals surface area contributed by atoms with Crippen LogP contribution in [0.4, 0.5) is 9.59 Å². The van der Waals surface area contributed by atoms with E-state index in [-0.39, 0.29) is 13.0 Å². The summed E-state index contributed by atoms with van der Waals surface area (Å²) in [4.78, 5) is 40.0. The SMILES string of the molecule is COC(=O)C1C[C@@H](OC(=O)N2Cc3ccccc3C2)CN1C(=O)OC(C)(C)C. The van der Waals surface area contributed by atoms with Gasteiger partial charge in [-0.2, -0.15) is 0 Å². The normalized spacial score (nSPS) is 21.3. The lowest BCUT2D eigenvalue weighted by molar-refractivity contribution is -0.145. The molecular weight excluding hydrogens is 364 g/mol. The van der Waals surface area contributed by atoms with Gasteiger partial charge in [0, 0.05) is 19.5 Å². The third kappa shape index (κ3) is 4.37. The molecule has 0 aromatic heterocycles. The Morgan fingerprint density at radius 1 is 1.04 bits per heavy atom. The van der Waals surface area contributed by atoms with Crippen molar-refractivity contribution in [1.82, 2.24) is 9.80 Å². The van der Waals surface area contributed by atoms with Gasteiger partial charge in [0.05, 0.1) is 13.7 Å². The van der Waals surface area contributed by atoms with Gasteiger partial charge in [0.15, 0.2) is 0 Å². The topological polar surface area (TPSA) is 85.4 Å². The number of carbonyl (C=O) groups is 3. The van der Waals surface area contributed by atoms with Crippen molar-refractivity contribution in [3.05, 3.63) is 35.4 Å². The number of esters is 1. The summed E-state index contributed by atoms with van der Waals surface area (Å²) in [5.41, 5.74) is 1.48. The van der Waals surface area contributed by atoms with Gasteiger partial charge in [-0.15, -0.1) is 0 Å². The van der Waals surface area contributed by atoms with Crippen LogP contribution in [0.3, 0.4) is 0 Å². The molecule has 1 unspecified atom stereocenters. The number of carbonyl (C=O) groups excluding carboxylic acids is 3. The molecule has 2 heterocycles. The van der Waals surface area contributed by atoms with E-state index in [1.165, 1.54) is 12.0 Å². The molecule has 2 amide bonds. The summed E-state index contributed by atoms with van der Waals surface area (Å²) in [7, 11) is 1.26. The number of hydrogen-bond acceptors (Lipinski definition) is 6. The third-order valence-corrected chi connectivity index (χ3v) is 4.73. The fourth-order valence-electron chi connectivity index (χ4n) is 3.44. The molecule has 1 aromatic rings. The van der Waals surface area contributed by atoms with Gasteiger partial charge in [0.1, 0.15) is 17.7 Å². The van der Waals surface area contributed by atoms with Crippen LogP contribution in [0.15, 0.2) is 24.3 Å². The minimum Gasteiger partial charge on any atom is -0.467 e. The van der Waals surface area contributed by atoms with E-state index in [4.69, 9.17) is 14.2 Å². The highest BCUT2D eigenvalue weighted by Crippen LogP contribution is 2.27. The van der Waals surface area contributed by atoms with Crippen molar-refractivity contribution in [3.8, 4) is 0 Å². The second kappa shape index (κ2) is 7.69. The van der Waals surface area contributed by atoms with E-state index in [0.717, 1.165) is 11.1 Å². The predicted octanol–water partition coefficient (Wildman–Crippen LogP) is 2.69. The lowest BCUT2D eigenvalue weighted by atomic mass is 10.1. The molecule has 0 saturated carbocycles. The zero-order valence-electron chi connectivity index (χ0n) is 16.6. The predicted molar refractivity (Wildman–Crippen MR) is 99.3 cm³/mol. The van der Waals surface area contributed by atoms with Crippen LogP contribution < -0.4 is 0 Å². The molecule has 0 radical (unpaired) electrons. The number of benzene rings is 1. The van der Waals surface area contributed by atoms with Gasteiger partial charge in [-0.1, -0.05) is 24.3 Å². The first kappa shape index (κ1) is 20.0. The highest BCUT2D eigenvalue weighted by atomic mass is 16.6. The van der Waals surface area contributed by atoms with E-state index in [2.05, 4.69) is 0 Å². The first-order chi connectivity index (χ1) is 13.2. The van der Waals surface area contributed by atoms with Crippen LogP contribution in [0, 0.1) is 0 Å². The van der Waals surface area contributed by atoms with Crippen molar-refractivity contribution in [2.24, 2.45) is 0 Å². The maximum absolute atomic E-state index is 12.6. The smallest absolute Gasteiger partial charge is 0.411 e. The fraction of sp³-hybridized carbons (Fsp3) is 0.550. The Kier molecular flexibility index (Phi) is 5.49. The van der Waals surface area contributed by atoms with Gasteiger partial charge in [0.25, 0.3) is 0 Å². The summed E-state index contributed by atoms with van der Waals surface area (Å²) in [6.07, 6.45) is -1.52. The summed E-state index contributed by atoms with van der Waals surface area (Å²) in [6, 6.07) is 6.99. The van der Waals surface area contributed by atoms with Crippen molar-refractivity contribution in [3.63, 3.8) is 0 Å². The molecule has 152 valence electrons. The second-order valence-electron chi connectivity index (χ2n) is 8.04. The number of amides is 2. The summed E-state index contributed by atoms with van der Waals surface area (Å²) in [5, 5.41) is 0. The minimum absolute atomic E-state index is 0.0845. The van der Waals surface area contributed by atoms with E-state index in [1.807, 2.05) is 24.3 Å². The minimum atomic E-state index is -0.839. The van der Waals surface area contributed by atoms with Crippen LogP contribution in [0.2, 0.25) is 0 Å². The van der Waals surface area contributed by atoms with Crippen molar-refractivity contribution in [2.45, 2.75) is 58.0 Å². The van der Waals surface area contributed by atoms with Crippen molar-refractivity contribution < 1.29 is 28.6 Å². The third-order valence-electron chi connectivity index (χ3n) is 4.73. The molecule has 3 rings (SSSR count). The lowest BCUT2D eigenvalue weighted by Gasteiger charge is -2.27. The number of fused-ring (bicyclic) bond motifs is 1. The van der Waals surface area contributed by atoms with Crippen LogP contribution >= 0.6 is 0 Å². The van der Waals surface area contributed by atoms with Crippen LogP contribution in [0.1, 0.15) is 38.3 Å². The van der Waals surface area contributed by atoms with Gasteiger partial charge < -0.3 is 14.2 Å². The van der Waals surface area contributed by atoms with Gasteiger partial charge in [0.2, 0.25) is 0 Å². The number of likely N-dealkylation sites (tertiary alicyclic amines) is 1. The van der Waals surface area contributed by atoms with E-state index < -0.39 is 35.9 Å². The molecule has 8 nitrogen and oxygen atoms in total. The first-order valence-electron chi connectivity index (χ1n) is 9.27. The van der Waals surface area contributed by atoms with E-state index >= 15 is 0 Å². The lowest BCUT2D eigenvalue weighted by Crippen LogP contribution is -2.44. The fourth-order valence-corrected chi connectivity index (χ4v) is 3.44. The first-order valence-corrected chi connectivity index (χ1v) is 9.27. The zero-order chi connectivity index (χ0) is 20.5. The van der Waals surface area contributed by atoms with Crippen LogP contribution in [0.5, 0.6) is 0 Å². The van der Waals surface area contributed by atoms with Gasteiger partial charge in [-0.25, -0.2) is 14.4 Å². The van der Waals surface area contributed by atoms with E-state index in [0.29, 0.717) is 13.1 Å². The molecule has 2 aliphatic heterocycles. The molecule has 1 aromatic carbocycles. The Morgan fingerprint density at radius 2 is 1.64 bits per heavy atom. The van der Waals surface area contributed by atoms with Crippen molar-refractivity contribution in [1.29, 1.82) is 0 Å². The highest BCUT2D eigenvalue weighted by molar-refractivity contribution is 5.82. The molecule has 0 aliphatic carbocycles. The summed E-state index contributed by atoms with van der Waals surface area (Å²) in [6.45, 7) is 6.29. The quantitative estimate of drug-likeness (QED) is 0.570. The Hall–Kier alpha value is -2.77. The molecule has 1 saturated heterocycles. The summed E-state index contributed by atoms with van der Waals surface area (Å²) in [5.74, 6) is -0.557. The average Bonchev–Trinajstić information content (AvgIpc) is 3.23. The molecule has 0 spiro atoms. The molecular formula is C20H26N2O6. The Bertz CT molecular complexity index is 747. The summed E-state index contributed by atoms with van der Waals surface area (Å²) < 4.78 is 15.8. The number of methoxy groups -OCH3 is 1. The number of nitrogens with zero attached hydrogens (tertiary/aromatic N) is 2. The molecule has 28 heavy (non-hydrogen) atoms. The zero-order valence-corrected chi connectivity index (χ0v) is 16.6. The van der Waals surface area contributed by atoms with Gasteiger partial charge in [-0.3, -0.25) is 9.80 Å². The molecule has 2 aliphatic rings. The maximum Gasteiger partial charge on any atom is 0.411 e. The average molecular weight is 390 g/mol. The molecule has 8 heteroatoms. The maximum atomic E-state index is 12.6. The van der Waals surface area contributed by atoms with Crippen molar-refractivity contribution >= 4 is 18.2 Å². The molecule has 2 atom stereocenters. The molecule has 0 N–H and O–H groups in total. The Balaban J connectivity index is 1.64. The monoisotopic (exact) mass is 390 g/mol. The number of rotatable bonds is 2. The van der Waals surface area contributed by atoms with E-state index in [9.17, 15) is 14.4 Å². The number of ether oxygens (including phenoxy) is 3. The molecule has 1 fully saturated rings. The van der Waals surface area contributed by atoms with Crippen LogP contribution in [-0.2, 0) is 32.1 Å². The van der Waals surface area contributed by atoms with Gasteiger partial charge in [-0.05, 0) is 31.9 Å². The largest absolute Gasteiger partial charge is 0.467 e. The second-order valence-corrected chi connectivity index (χ2v) is 8.04. The van der Waals surface area contributed by atoms with Gasteiger partial charge >= 0.3 is 18.2 Å². The standard InChI is InChI=1S/C20H26N2O6/c1-20(2,3)28-19(25)22-12-15(9-16(22)17(23)26-4)27-18(24)21-10-13-7-5-6-8-14(13)11-21/h5-8,15-16H,9-12H2,1-4H3/t15-,16?/m1/s1. The Labute approximate surface area is 164 Å². The van der Waals surface area contributed by atoms with Crippen molar-refractivity contribution in [2.75, 3.05) is 13.7 Å². The molecule has 0 bridgehead atoms.